The van der Waals surface area contributed by atoms with Crippen molar-refractivity contribution in [3.8, 4) is 0 Å². The van der Waals surface area contributed by atoms with Crippen LogP contribution in [-0.4, -0.2) is 21.6 Å². The fourth-order valence-corrected chi connectivity index (χ4v) is 4.33. The first-order valence-electron chi connectivity index (χ1n) is 8.09. The molecule has 0 fully saturated rings. The Labute approximate surface area is 144 Å². The van der Waals surface area contributed by atoms with Gasteiger partial charge in [-0.3, -0.25) is 0 Å². The smallest absolute Gasteiger partial charge is 0.241 e. The maximum Gasteiger partial charge on any atom is 0.241 e. The van der Waals surface area contributed by atoms with Crippen LogP contribution in [0.25, 0.3) is 0 Å². The molecule has 4 nitrogen and oxygen atoms in total. The monoisotopic (exact) mass is 347 g/mol. The number of nitrogens with one attached hydrogen (secondary N) is 1. The van der Waals surface area contributed by atoms with E-state index in [1.165, 1.54) is 0 Å². The highest BCUT2D eigenvalue weighted by atomic mass is 32.2. The molecule has 2 aromatic carbocycles. The molecule has 0 aliphatic rings. The molecule has 130 valence electrons. The molecule has 0 bridgehead atoms. The number of hydrogen-bond acceptors (Lipinski definition) is 3. The maximum atomic E-state index is 12.5. The van der Waals surface area contributed by atoms with E-state index in [0.29, 0.717) is 31.1 Å². The molecule has 0 aromatic heterocycles. The van der Waals surface area contributed by atoms with Gasteiger partial charge in [0.1, 0.15) is 0 Å². The van der Waals surface area contributed by atoms with Gasteiger partial charge in [0.2, 0.25) is 10.0 Å². The van der Waals surface area contributed by atoms with Crippen LogP contribution in [0.3, 0.4) is 0 Å². The van der Waals surface area contributed by atoms with E-state index in [2.05, 4.69) is 4.72 Å². The molecule has 5 heteroatoms. The molecule has 0 aliphatic carbocycles. The summed E-state index contributed by atoms with van der Waals surface area (Å²) < 4.78 is 33.2. The average Bonchev–Trinajstić information content (AvgIpc) is 2.50. The number of hydrogen-bond donors (Lipinski definition) is 1. The van der Waals surface area contributed by atoms with Gasteiger partial charge in [-0.05, 0) is 43.9 Å². The van der Waals surface area contributed by atoms with E-state index in [4.69, 9.17) is 4.74 Å². The number of sulfonamides is 1. The van der Waals surface area contributed by atoms with Crippen LogP contribution in [0.5, 0.6) is 0 Å². The number of rotatable bonds is 8. The van der Waals surface area contributed by atoms with Crippen molar-refractivity contribution in [2.24, 2.45) is 0 Å². The van der Waals surface area contributed by atoms with Gasteiger partial charge in [0.15, 0.2) is 0 Å². The second kappa shape index (κ2) is 8.42. The summed E-state index contributed by atoms with van der Waals surface area (Å²) in [6.07, 6.45) is 0.635. The summed E-state index contributed by atoms with van der Waals surface area (Å²) in [6.45, 7) is 7.06. The Hall–Kier alpha value is -1.69. The summed E-state index contributed by atoms with van der Waals surface area (Å²) in [5, 5.41) is 0. The van der Waals surface area contributed by atoms with Gasteiger partial charge in [-0.1, -0.05) is 48.0 Å². The Morgan fingerprint density at radius 2 is 1.62 bits per heavy atom. The molecule has 0 spiro atoms. The van der Waals surface area contributed by atoms with Crippen LogP contribution in [-0.2, 0) is 21.4 Å². The van der Waals surface area contributed by atoms with Crippen LogP contribution in [0.4, 0.5) is 0 Å². The van der Waals surface area contributed by atoms with Gasteiger partial charge in [-0.2, -0.15) is 0 Å². The third-order valence-corrected chi connectivity index (χ3v) is 5.51. The molecule has 0 saturated carbocycles. The highest BCUT2D eigenvalue weighted by Gasteiger charge is 2.19. The van der Waals surface area contributed by atoms with Crippen LogP contribution in [0, 0.1) is 20.8 Å². The first kappa shape index (κ1) is 18.6. The summed E-state index contributed by atoms with van der Waals surface area (Å²) in [4.78, 5) is 0.387. The van der Waals surface area contributed by atoms with Crippen molar-refractivity contribution in [1.29, 1.82) is 0 Å². The lowest BCUT2D eigenvalue weighted by atomic mass is 10.1. The molecule has 0 aliphatic heterocycles. The van der Waals surface area contributed by atoms with E-state index in [0.717, 1.165) is 22.3 Å². The zero-order chi connectivity index (χ0) is 17.6. The number of aryl methyl sites for hydroxylation is 3. The number of ether oxygens (including phenoxy) is 1. The third-order valence-electron chi connectivity index (χ3n) is 3.74. The van der Waals surface area contributed by atoms with Crippen molar-refractivity contribution in [2.75, 3.05) is 13.2 Å². The molecule has 0 saturated heterocycles. The Morgan fingerprint density at radius 3 is 2.25 bits per heavy atom. The lowest BCUT2D eigenvalue weighted by Crippen LogP contribution is -2.27. The summed E-state index contributed by atoms with van der Waals surface area (Å²) >= 11 is 0. The SMILES string of the molecule is Cc1cc(C)c(S(=O)(=O)NCCCOCc2ccccc2)c(C)c1. The summed E-state index contributed by atoms with van der Waals surface area (Å²) in [5.74, 6) is 0. The molecule has 2 aromatic rings. The standard InChI is InChI=1S/C19H25NO3S/c1-15-12-16(2)19(17(3)13-15)24(21,22)20-10-7-11-23-14-18-8-5-4-6-9-18/h4-6,8-9,12-13,20H,7,10-11,14H2,1-3H3. The molecule has 0 radical (unpaired) electrons. The van der Waals surface area contributed by atoms with Crippen LogP contribution in [0.1, 0.15) is 28.7 Å². The fourth-order valence-electron chi connectivity index (χ4n) is 2.81. The Morgan fingerprint density at radius 1 is 1.00 bits per heavy atom. The molecule has 0 atom stereocenters. The van der Waals surface area contributed by atoms with E-state index in [9.17, 15) is 8.42 Å². The topological polar surface area (TPSA) is 55.4 Å². The van der Waals surface area contributed by atoms with Gasteiger partial charge in [-0.15, -0.1) is 0 Å². The predicted octanol–water partition coefficient (Wildman–Crippen LogP) is 3.50. The largest absolute Gasteiger partial charge is 0.377 e. The van der Waals surface area contributed by atoms with Gasteiger partial charge in [0.05, 0.1) is 11.5 Å². The summed E-state index contributed by atoms with van der Waals surface area (Å²) in [7, 11) is -3.48. The van der Waals surface area contributed by atoms with Crippen molar-refractivity contribution in [3.05, 3.63) is 64.7 Å². The van der Waals surface area contributed by atoms with E-state index in [-0.39, 0.29) is 0 Å². The Bertz CT molecular complexity index is 747. The highest BCUT2D eigenvalue weighted by Crippen LogP contribution is 2.21. The van der Waals surface area contributed by atoms with Crippen molar-refractivity contribution in [2.45, 2.75) is 38.7 Å². The zero-order valence-corrected chi connectivity index (χ0v) is 15.3. The van der Waals surface area contributed by atoms with Crippen LogP contribution in [0.15, 0.2) is 47.4 Å². The van der Waals surface area contributed by atoms with Gasteiger partial charge in [-0.25, -0.2) is 13.1 Å². The average molecular weight is 347 g/mol. The molecular formula is C19H25NO3S. The normalized spacial score (nSPS) is 11.6. The quantitative estimate of drug-likeness (QED) is 0.744. The molecule has 0 amide bonds. The maximum absolute atomic E-state index is 12.5. The van der Waals surface area contributed by atoms with Crippen LogP contribution >= 0.6 is 0 Å². The summed E-state index contributed by atoms with van der Waals surface area (Å²) in [6, 6.07) is 13.7. The van der Waals surface area contributed by atoms with Gasteiger partial charge < -0.3 is 4.74 Å². The number of benzene rings is 2. The zero-order valence-electron chi connectivity index (χ0n) is 14.5. The Balaban J connectivity index is 1.81. The molecule has 0 unspecified atom stereocenters. The molecular weight excluding hydrogens is 322 g/mol. The first-order chi connectivity index (χ1) is 11.4. The minimum atomic E-state index is -3.48. The van der Waals surface area contributed by atoms with Crippen molar-refractivity contribution < 1.29 is 13.2 Å². The highest BCUT2D eigenvalue weighted by molar-refractivity contribution is 7.89. The van der Waals surface area contributed by atoms with Gasteiger partial charge in [0.25, 0.3) is 0 Å². The Kier molecular flexibility index (Phi) is 6.54. The lowest BCUT2D eigenvalue weighted by molar-refractivity contribution is 0.119. The van der Waals surface area contributed by atoms with Crippen LogP contribution < -0.4 is 4.72 Å². The van der Waals surface area contributed by atoms with Gasteiger partial charge in [0, 0.05) is 13.2 Å². The second-order valence-electron chi connectivity index (χ2n) is 6.02. The fraction of sp³-hybridized carbons (Fsp3) is 0.368. The first-order valence-corrected chi connectivity index (χ1v) is 9.57. The van der Waals surface area contributed by atoms with Crippen LogP contribution in [0.2, 0.25) is 0 Å². The minimum absolute atomic E-state index is 0.365. The van der Waals surface area contributed by atoms with E-state index >= 15 is 0 Å². The lowest BCUT2D eigenvalue weighted by Gasteiger charge is -2.13. The van der Waals surface area contributed by atoms with Gasteiger partial charge >= 0.3 is 0 Å². The predicted molar refractivity (Wildman–Crippen MR) is 96.6 cm³/mol. The summed E-state index contributed by atoms with van der Waals surface area (Å²) in [5.41, 5.74) is 3.74. The molecule has 0 heterocycles. The van der Waals surface area contributed by atoms with E-state index < -0.39 is 10.0 Å². The van der Waals surface area contributed by atoms with E-state index in [1.807, 2.05) is 63.2 Å². The minimum Gasteiger partial charge on any atom is -0.377 e. The molecule has 1 N–H and O–H groups in total. The molecule has 2 rings (SSSR count). The van der Waals surface area contributed by atoms with E-state index in [1.54, 1.807) is 0 Å². The van der Waals surface area contributed by atoms with Crippen molar-refractivity contribution in [1.82, 2.24) is 4.72 Å². The van der Waals surface area contributed by atoms with Crippen molar-refractivity contribution >= 4 is 10.0 Å². The molecule has 24 heavy (non-hydrogen) atoms. The second-order valence-corrected chi connectivity index (χ2v) is 7.72. The third kappa shape index (κ3) is 5.16. The van der Waals surface area contributed by atoms with Crippen molar-refractivity contribution in [3.63, 3.8) is 0 Å².